The molecule has 8 heteroatoms. The average molecular weight is 407 g/mol. The standard InChI is InChI=1S/C12H7Br2F2N3O/c13-5-1-6(11(17)18-4-5)12(20)19-10-2-7(14)8(15)3-9(10)16/h1-4H,(H2,17,18)(H,19,20). The molecule has 1 aromatic heterocycles. The quantitative estimate of drug-likeness (QED) is 0.747. The van der Waals surface area contributed by atoms with Gasteiger partial charge in [-0.15, -0.1) is 0 Å². The first-order valence-corrected chi connectivity index (χ1v) is 6.84. The van der Waals surface area contributed by atoms with Gasteiger partial charge in [0.15, 0.2) is 0 Å². The van der Waals surface area contributed by atoms with Crippen LogP contribution in [0.4, 0.5) is 20.3 Å². The molecule has 104 valence electrons. The molecule has 0 aliphatic rings. The van der Waals surface area contributed by atoms with E-state index in [2.05, 4.69) is 42.2 Å². The van der Waals surface area contributed by atoms with Crippen LogP contribution in [0.25, 0.3) is 0 Å². The van der Waals surface area contributed by atoms with Crippen molar-refractivity contribution in [3.8, 4) is 0 Å². The summed E-state index contributed by atoms with van der Waals surface area (Å²) in [5.41, 5.74) is 5.50. The second kappa shape index (κ2) is 5.84. The summed E-state index contributed by atoms with van der Waals surface area (Å²) in [5, 5.41) is 2.31. The molecule has 0 aliphatic carbocycles. The Bertz CT molecular complexity index is 695. The number of rotatable bonds is 2. The fourth-order valence-electron chi connectivity index (χ4n) is 1.44. The van der Waals surface area contributed by atoms with E-state index in [-0.39, 0.29) is 21.5 Å². The summed E-state index contributed by atoms with van der Waals surface area (Å²) in [6.07, 6.45) is 1.43. The molecule has 0 unspecified atom stereocenters. The van der Waals surface area contributed by atoms with Gasteiger partial charge in [-0.05, 0) is 44.0 Å². The number of hydrogen-bond donors (Lipinski definition) is 2. The molecular formula is C12H7Br2F2N3O. The second-order valence-electron chi connectivity index (χ2n) is 3.79. The van der Waals surface area contributed by atoms with E-state index < -0.39 is 17.5 Å². The number of carbonyl (C=O) groups excluding carboxylic acids is 1. The lowest BCUT2D eigenvalue weighted by molar-refractivity contribution is 0.102. The molecular weight excluding hydrogens is 400 g/mol. The Morgan fingerprint density at radius 3 is 2.60 bits per heavy atom. The van der Waals surface area contributed by atoms with Crippen LogP contribution in [0.3, 0.4) is 0 Å². The molecule has 2 rings (SSSR count). The molecule has 1 aromatic carbocycles. The van der Waals surface area contributed by atoms with Crippen molar-refractivity contribution < 1.29 is 13.6 Å². The highest BCUT2D eigenvalue weighted by Crippen LogP contribution is 2.25. The van der Waals surface area contributed by atoms with Crippen molar-refractivity contribution in [1.82, 2.24) is 4.98 Å². The smallest absolute Gasteiger partial charge is 0.259 e. The van der Waals surface area contributed by atoms with Crippen molar-refractivity contribution in [1.29, 1.82) is 0 Å². The highest BCUT2D eigenvalue weighted by atomic mass is 79.9. The zero-order valence-corrected chi connectivity index (χ0v) is 12.9. The number of nitrogen functional groups attached to an aromatic ring is 1. The normalized spacial score (nSPS) is 10.4. The summed E-state index contributed by atoms with van der Waals surface area (Å²) in [4.78, 5) is 15.8. The lowest BCUT2D eigenvalue weighted by Gasteiger charge is -2.09. The lowest BCUT2D eigenvalue weighted by atomic mass is 10.2. The number of carbonyl (C=O) groups is 1. The molecule has 0 fully saturated rings. The molecule has 1 heterocycles. The Morgan fingerprint density at radius 1 is 1.20 bits per heavy atom. The fourth-order valence-corrected chi connectivity index (χ4v) is 2.11. The van der Waals surface area contributed by atoms with Crippen molar-refractivity contribution in [3.63, 3.8) is 0 Å². The topological polar surface area (TPSA) is 68.0 Å². The van der Waals surface area contributed by atoms with Gasteiger partial charge in [0.2, 0.25) is 0 Å². The highest BCUT2D eigenvalue weighted by molar-refractivity contribution is 9.10. The van der Waals surface area contributed by atoms with Gasteiger partial charge in [-0.3, -0.25) is 4.79 Å². The molecule has 0 radical (unpaired) electrons. The maximum Gasteiger partial charge on any atom is 0.259 e. The molecule has 20 heavy (non-hydrogen) atoms. The maximum atomic E-state index is 13.6. The van der Waals surface area contributed by atoms with E-state index in [0.717, 1.165) is 6.07 Å². The van der Waals surface area contributed by atoms with Crippen molar-refractivity contribution in [3.05, 3.63) is 50.5 Å². The number of benzene rings is 1. The van der Waals surface area contributed by atoms with E-state index in [9.17, 15) is 13.6 Å². The first kappa shape index (κ1) is 14.9. The van der Waals surface area contributed by atoms with E-state index >= 15 is 0 Å². The van der Waals surface area contributed by atoms with Gasteiger partial charge < -0.3 is 11.1 Å². The monoisotopic (exact) mass is 405 g/mol. The Hall–Kier alpha value is -1.54. The summed E-state index contributed by atoms with van der Waals surface area (Å²) in [7, 11) is 0. The Kier molecular flexibility index (Phi) is 4.34. The van der Waals surface area contributed by atoms with Gasteiger partial charge in [-0.25, -0.2) is 13.8 Å². The summed E-state index contributed by atoms with van der Waals surface area (Å²) in [6, 6.07) is 3.25. The zero-order chi connectivity index (χ0) is 14.9. The van der Waals surface area contributed by atoms with Crippen molar-refractivity contribution >= 4 is 49.3 Å². The van der Waals surface area contributed by atoms with Crippen LogP contribution in [0.1, 0.15) is 10.4 Å². The molecule has 2 aromatic rings. The summed E-state index contributed by atoms with van der Waals surface area (Å²) >= 11 is 6.07. The van der Waals surface area contributed by atoms with E-state index in [1.165, 1.54) is 12.3 Å². The van der Waals surface area contributed by atoms with Crippen LogP contribution in [0, 0.1) is 11.6 Å². The summed E-state index contributed by atoms with van der Waals surface area (Å²) < 4.78 is 27.2. The summed E-state index contributed by atoms with van der Waals surface area (Å²) in [5.74, 6) is -2.29. The molecule has 1 amide bonds. The number of hydrogen-bond acceptors (Lipinski definition) is 3. The fraction of sp³-hybridized carbons (Fsp3) is 0. The van der Waals surface area contributed by atoms with Crippen molar-refractivity contribution in [2.75, 3.05) is 11.1 Å². The minimum absolute atomic E-state index is 0.00675. The van der Waals surface area contributed by atoms with E-state index in [1.54, 1.807) is 0 Å². The van der Waals surface area contributed by atoms with Crippen LogP contribution in [0.5, 0.6) is 0 Å². The molecule has 0 atom stereocenters. The Balaban J connectivity index is 2.32. The van der Waals surface area contributed by atoms with E-state index in [4.69, 9.17) is 5.73 Å². The third-order valence-electron chi connectivity index (χ3n) is 2.39. The van der Waals surface area contributed by atoms with Crippen LogP contribution >= 0.6 is 31.9 Å². The van der Waals surface area contributed by atoms with Gasteiger partial charge >= 0.3 is 0 Å². The van der Waals surface area contributed by atoms with Crippen LogP contribution in [-0.4, -0.2) is 10.9 Å². The number of nitrogens with two attached hydrogens (primary N) is 1. The number of nitrogens with one attached hydrogen (secondary N) is 1. The number of aromatic nitrogens is 1. The highest BCUT2D eigenvalue weighted by Gasteiger charge is 2.15. The first-order valence-electron chi connectivity index (χ1n) is 5.25. The predicted octanol–water partition coefficient (Wildman–Crippen LogP) is 3.72. The maximum absolute atomic E-state index is 13.6. The van der Waals surface area contributed by atoms with Gasteiger partial charge in [0.05, 0.1) is 15.7 Å². The predicted molar refractivity (Wildman–Crippen MR) is 78.4 cm³/mol. The number of halogens is 4. The Labute approximate surface area is 129 Å². The third-order valence-corrected chi connectivity index (χ3v) is 3.43. The number of anilines is 2. The van der Waals surface area contributed by atoms with Gasteiger partial charge in [0, 0.05) is 16.7 Å². The number of pyridine rings is 1. The van der Waals surface area contributed by atoms with Gasteiger partial charge in [-0.2, -0.15) is 0 Å². The van der Waals surface area contributed by atoms with Crippen LogP contribution in [-0.2, 0) is 0 Å². The largest absolute Gasteiger partial charge is 0.383 e. The molecule has 0 saturated carbocycles. The van der Waals surface area contributed by atoms with Gasteiger partial charge in [-0.1, -0.05) is 0 Å². The molecule has 0 aliphatic heterocycles. The number of amides is 1. The second-order valence-corrected chi connectivity index (χ2v) is 5.56. The summed E-state index contributed by atoms with van der Waals surface area (Å²) in [6.45, 7) is 0. The van der Waals surface area contributed by atoms with Crippen LogP contribution < -0.4 is 11.1 Å². The SMILES string of the molecule is Nc1ncc(Br)cc1C(=O)Nc1cc(Br)c(F)cc1F. The zero-order valence-electron chi connectivity index (χ0n) is 9.75. The first-order chi connectivity index (χ1) is 9.38. The van der Waals surface area contributed by atoms with Gasteiger partial charge in [0.1, 0.15) is 17.5 Å². The average Bonchev–Trinajstić information content (AvgIpc) is 2.38. The minimum atomic E-state index is -0.888. The van der Waals surface area contributed by atoms with E-state index in [0.29, 0.717) is 10.5 Å². The van der Waals surface area contributed by atoms with Gasteiger partial charge in [0.25, 0.3) is 5.91 Å². The third kappa shape index (κ3) is 3.13. The Morgan fingerprint density at radius 2 is 1.90 bits per heavy atom. The molecule has 4 nitrogen and oxygen atoms in total. The van der Waals surface area contributed by atoms with Crippen LogP contribution in [0.15, 0.2) is 33.3 Å². The number of nitrogens with zero attached hydrogens (tertiary/aromatic N) is 1. The molecule has 3 N–H and O–H groups in total. The molecule has 0 bridgehead atoms. The van der Waals surface area contributed by atoms with Crippen LogP contribution in [0.2, 0.25) is 0 Å². The molecule has 0 saturated heterocycles. The van der Waals surface area contributed by atoms with Crippen molar-refractivity contribution in [2.24, 2.45) is 0 Å². The lowest BCUT2D eigenvalue weighted by Crippen LogP contribution is -2.16. The minimum Gasteiger partial charge on any atom is -0.383 e. The molecule has 0 spiro atoms. The van der Waals surface area contributed by atoms with E-state index in [1.807, 2.05) is 0 Å². The van der Waals surface area contributed by atoms with Crippen molar-refractivity contribution in [2.45, 2.75) is 0 Å².